The van der Waals surface area contributed by atoms with E-state index in [2.05, 4.69) is 43.2 Å². The van der Waals surface area contributed by atoms with Crippen LogP contribution in [0.25, 0.3) is 11.0 Å². The maximum Gasteiger partial charge on any atom is 0.257 e. The molecule has 0 saturated carbocycles. The number of nitrogens with one attached hydrogen (secondary N) is 1. The minimum atomic E-state index is -0.229. The zero-order valence-electron chi connectivity index (χ0n) is 19.5. The summed E-state index contributed by atoms with van der Waals surface area (Å²) in [5.74, 6) is 1.78. The van der Waals surface area contributed by atoms with Gasteiger partial charge in [0.05, 0.1) is 24.7 Å². The molecule has 0 unspecified atom stereocenters. The summed E-state index contributed by atoms with van der Waals surface area (Å²) in [5, 5.41) is 2.94. The largest absolute Gasteiger partial charge is 0.497 e. The smallest absolute Gasteiger partial charge is 0.257 e. The maximum absolute atomic E-state index is 12.8. The second kappa shape index (κ2) is 9.36. The van der Waals surface area contributed by atoms with E-state index < -0.39 is 0 Å². The van der Waals surface area contributed by atoms with Gasteiger partial charge in [0.25, 0.3) is 5.91 Å². The summed E-state index contributed by atoms with van der Waals surface area (Å²) in [6.07, 6.45) is 0. The minimum absolute atomic E-state index is 0.102. The summed E-state index contributed by atoms with van der Waals surface area (Å²) in [7, 11) is 1.60. The molecule has 1 aromatic heterocycles. The van der Waals surface area contributed by atoms with Crippen LogP contribution in [0, 0.1) is 0 Å². The fourth-order valence-corrected chi connectivity index (χ4v) is 3.62. The number of ether oxygens (including phenoxy) is 2. The molecule has 0 spiro atoms. The van der Waals surface area contributed by atoms with Crippen molar-refractivity contribution in [3.8, 4) is 11.5 Å². The Morgan fingerprint density at radius 2 is 1.61 bits per heavy atom. The van der Waals surface area contributed by atoms with Crippen molar-refractivity contribution in [3.63, 3.8) is 0 Å². The predicted octanol–water partition coefficient (Wildman–Crippen LogP) is 5.67. The van der Waals surface area contributed by atoms with Gasteiger partial charge in [-0.05, 0) is 59.5 Å². The SMILES string of the molecule is COc1ccc(C(=O)Nc2nc3ccccc3n2CCOc2ccc(C(C)(C)C)cc2)cc1. The monoisotopic (exact) mass is 443 g/mol. The maximum atomic E-state index is 12.8. The highest BCUT2D eigenvalue weighted by Gasteiger charge is 2.15. The van der Waals surface area contributed by atoms with Gasteiger partial charge in [0, 0.05) is 5.56 Å². The molecule has 0 radical (unpaired) electrons. The number of amides is 1. The number of fused-ring (bicyclic) bond motifs is 1. The van der Waals surface area contributed by atoms with Crippen LogP contribution in [0.3, 0.4) is 0 Å². The zero-order valence-corrected chi connectivity index (χ0v) is 19.5. The topological polar surface area (TPSA) is 65.4 Å². The fourth-order valence-electron chi connectivity index (χ4n) is 3.62. The Hall–Kier alpha value is -3.80. The molecule has 0 aliphatic rings. The number of hydrogen-bond donors (Lipinski definition) is 1. The van der Waals surface area contributed by atoms with Crippen LogP contribution in [-0.4, -0.2) is 29.2 Å². The lowest BCUT2D eigenvalue weighted by molar-refractivity contribution is 0.102. The molecule has 4 aromatic rings. The van der Waals surface area contributed by atoms with E-state index in [-0.39, 0.29) is 11.3 Å². The fraction of sp³-hybridized carbons (Fsp3) is 0.259. The van der Waals surface area contributed by atoms with Gasteiger partial charge in [0.2, 0.25) is 5.95 Å². The molecule has 0 bridgehead atoms. The molecule has 4 rings (SSSR count). The summed E-state index contributed by atoms with van der Waals surface area (Å²) in [5.41, 5.74) is 3.65. The van der Waals surface area contributed by atoms with Crippen molar-refractivity contribution in [2.75, 3.05) is 19.0 Å². The number of carbonyl (C=O) groups excluding carboxylic acids is 1. The average molecular weight is 444 g/mol. The van der Waals surface area contributed by atoms with E-state index >= 15 is 0 Å². The number of para-hydroxylation sites is 2. The number of methoxy groups -OCH3 is 1. The Kier molecular flexibility index (Phi) is 6.36. The number of anilines is 1. The molecular weight excluding hydrogens is 414 g/mol. The summed E-state index contributed by atoms with van der Waals surface area (Å²) in [6.45, 7) is 7.55. The molecule has 1 amide bonds. The number of hydrogen-bond acceptors (Lipinski definition) is 4. The van der Waals surface area contributed by atoms with E-state index in [1.54, 1.807) is 31.4 Å². The van der Waals surface area contributed by atoms with Gasteiger partial charge in [-0.15, -0.1) is 0 Å². The van der Waals surface area contributed by atoms with Crippen LogP contribution < -0.4 is 14.8 Å². The van der Waals surface area contributed by atoms with Gasteiger partial charge in [0.15, 0.2) is 0 Å². The van der Waals surface area contributed by atoms with Crippen LogP contribution in [0.2, 0.25) is 0 Å². The van der Waals surface area contributed by atoms with Gasteiger partial charge in [0.1, 0.15) is 18.1 Å². The van der Waals surface area contributed by atoms with Crippen LogP contribution in [0.15, 0.2) is 72.8 Å². The quantitative estimate of drug-likeness (QED) is 0.399. The number of aromatic nitrogens is 2. The number of nitrogens with zero attached hydrogens (tertiary/aromatic N) is 2. The highest BCUT2D eigenvalue weighted by atomic mass is 16.5. The molecule has 0 aliphatic heterocycles. The number of benzene rings is 3. The Balaban J connectivity index is 1.49. The van der Waals surface area contributed by atoms with Crippen molar-refractivity contribution >= 4 is 22.9 Å². The predicted molar refractivity (Wildman–Crippen MR) is 131 cm³/mol. The first-order valence-corrected chi connectivity index (χ1v) is 11.0. The second-order valence-corrected chi connectivity index (χ2v) is 8.88. The lowest BCUT2D eigenvalue weighted by Gasteiger charge is -2.19. The summed E-state index contributed by atoms with van der Waals surface area (Å²) < 4.78 is 13.1. The van der Waals surface area contributed by atoms with E-state index in [1.807, 2.05) is 41.0 Å². The van der Waals surface area contributed by atoms with E-state index in [0.29, 0.717) is 30.4 Å². The first-order valence-electron chi connectivity index (χ1n) is 11.0. The third-order valence-electron chi connectivity index (χ3n) is 5.54. The first kappa shape index (κ1) is 22.4. The molecule has 170 valence electrons. The molecule has 0 fully saturated rings. The first-order chi connectivity index (χ1) is 15.8. The van der Waals surface area contributed by atoms with Crippen LogP contribution in [0.1, 0.15) is 36.7 Å². The van der Waals surface area contributed by atoms with Gasteiger partial charge in [-0.2, -0.15) is 0 Å². The minimum Gasteiger partial charge on any atom is -0.497 e. The van der Waals surface area contributed by atoms with E-state index in [9.17, 15) is 4.79 Å². The van der Waals surface area contributed by atoms with Crippen LogP contribution in [0.4, 0.5) is 5.95 Å². The molecule has 6 nitrogen and oxygen atoms in total. The summed E-state index contributed by atoms with van der Waals surface area (Å²) >= 11 is 0. The van der Waals surface area contributed by atoms with Gasteiger partial charge in [-0.25, -0.2) is 4.98 Å². The van der Waals surface area contributed by atoms with Gasteiger partial charge in [-0.1, -0.05) is 45.0 Å². The van der Waals surface area contributed by atoms with Crippen molar-refractivity contribution < 1.29 is 14.3 Å². The van der Waals surface area contributed by atoms with Crippen molar-refractivity contribution in [2.45, 2.75) is 32.7 Å². The van der Waals surface area contributed by atoms with Crippen molar-refractivity contribution in [1.82, 2.24) is 9.55 Å². The molecule has 1 heterocycles. The Labute approximate surface area is 194 Å². The van der Waals surface area contributed by atoms with Crippen molar-refractivity contribution in [2.24, 2.45) is 0 Å². The standard InChI is InChI=1S/C27H29N3O3/c1-27(2,3)20-11-15-22(16-12-20)33-18-17-30-24-8-6-5-7-23(24)28-26(30)29-25(31)19-9-13-21(32-4)14-10-19/h5-16H,17-18H2,1-4H3,(H,28,29,31). The average Bonchev–Trinajstić information content (AvgIpc) is 3.16. The molecule has 0 saturated heterocycles. The number of rotatable bonds is 7. The normalized spacial score (nSPS) is 11.4. The summed E-state index contributed by atoms with van der Waals surface area (Å²) in [4.78, 5) is 17.4. The van der Waals surface area contributed by atoms with Crippen LogP contribution >= 0.6 is 0 Å². The Morgan fingerprint density at radius 1 is 0.939 bits per heavy atom. The molecule has 1 N–H and O–H groups in total. The van der Waals surface area contributed by atoms with Gasteiger partial charge in [-0.3, -0.25) is 10.1 Å². The van der Waals surface area contributed by atoms with Crippen LogP contribution in [0.5, 0.6) is 11.5 Å². The highest BCUT2D eigenvalue weighted by Crippen LogP contribution is 2.25. The lowest BCUT2D eigenvalue weighted by atomic mass is 9.87. The summed E-state index contributed by atoms with van der Waals surface area (Å²) in [6, 6.07) is 23.0. The Bertz CT molecular complexity index is 1240. The van der Waals surface area contributed by atoms with Gasteiger partial charge >= 0.3 is 0 Å². The Morgan fingerprint density at radius 3 is 2.27 bits per heavy atom. The van der Waals surface area contributed by atoms with Gasteiger partial charge < -0.3 is 14.0 Å². The number of imidazole rings is 1. The third kappa shape index (κ3) is 5.17. The molecule has 3 aromatic carbocycles. The highest BCUT2D eigenvalue weighted by molar-refractivity contribution is 6.04. The van der Waals surface area contributed by atoms with Crippen molar-refractivity contribution in [3.05, 3.63) is 83.9 Å². The molecule has 33 heavy (non-hydrogen) atoms. The molecule has 0 atom stereocenters. The van der Waals surface area contributed by atoms with E-state index in [1.165, 1.54) is 5.56 Å². The second-order valence-electron chi connectivity index (χ2n) is 8.88. The van der Waals surface area contributed by atoms with E-state index in [0.717, 1.165) is 16.8 Å². The molecule has 6 heteroatoms. The van der Waals surface area contributed by atoms with E-state index in [4.69, 9.17) is 9.47 Å². The lowest BCUT2D eigenvalue weighted by Crippen LogP contribution is -2.18. The third-order valence-corrected chi connectivity index (χ3v) is 5.54. The number of carbonyl (C=O) groups is 1. The van der Waals surface area contributed by atoms with Crippen LogP contribution in [-0.2, 0) is 12.0 Å². The molecule has 0 aliphatic carbocycles. The molecular formula is C27H29N3O3. The van der Waals surface area contributed by atoms with Crippen molar-refractivity contribution in [1.29, 1.82) is 0 Å². The zero-order chi connectivity index (χ0) is 23.4.